The highest BCUT2D eigenvalue weighted by Crippen LogP contribution is 2.45. The Hall–Kier alpha value is -8.10. The molecule has 0 amide bonds. The van der Waals surface area contributed by atoms with Crippen molar-refractivity contribution >= 4 is 99.5 Å². The van der Waals surface area contributed by atoms with Gasteiger partial charge in [0, 0.05) is 73.3 Å². The Morgan fingerprint density at radius 1 is 0.306 bits per heavy atom. The summed E-state index contributed by atoms with van der Waals surface area (Å²) in [7, 11) is 6.61. The molecule has 0 spiro atoms. The molecule has 8 nitrogen and oxygen atoms in total. The summed E-state index contributed by atoms with van der Waals surface area (Å²) in [6, 6.07) is 58.5. The van der Waals surface area contributed by atoms with Crippen molar-refractivity contribution in [2.75, 3.05) is 38.2 Å². The number of nitrogens with zero attached hydrogens (tertiary/aromatic N) is 2. The van der Waals surface area contributed by atoms with Gasteiger partial charge in [-0.15, -0.1) is 0 Å². The van der Waals surface area contributed by atoms with Crippen molar-refractivity contribution in [3.63, 3.8) is 0 Å². The van der Waals surface area contributed by atoms with E-state index in [0.29, 0.717) is 23.0 Å². The van der Waals surface area contributed by atoms with Crippen LogP contribution < -0.4 is 28.7 Å². The van der Waals surface area contributed by atoms with Gasteiger partial charge in [0.05, 0.1) is 39.8 Å². The van der Waals surface area contributed by atoms with E-state index in [4.69, 9.17) is 27.8 Å². The van der Waals surface area contributed by atoms with E-state index in [-0.39, 0.29) is 0 Å². The van der Waals surface area contributed by atoms with Crippen LogP contribution in [0.15, 0.2) is 179 Å². The van der Waals surface area contributed by atoms with Crippen molar-refractivity contribution in [1.82, 2.24) is 0 Å². The van der Waals surface area contributed by atoms with Gasteiger partial charge in [0.1, 0.15) is 22.3 Å². The van der Waals surface area contributed by atoms with Crippen molar-refractivity contribution in [3.05, 3.63) is 170 Å². The van der Waals surface area contributed by atoms with Crippen LogP contribution >= 0.6 is 0 Å². The minimum Gasteiger partial charge on any atom is -0.493 e. The SMILES string of the molecule is COc1ccc(N(c2ccccc2)c2ccc3c(ccc4c5cc6c(cc5oc34)oc3c4ccc(N(c5ccccc5)c5ccc(OC)c(OC)c5)cc4ccc63)c2)cc1OC. The molecule has 0 saturated carbocycles. The van der Waals surface area contributed by atoms with Gasteiger partial charge in [-0.2, -0.15) is 0 Å². The fourth-order valence-electron chi connectivity index (χ4n) is 8.85. The molecule has 11 rings (SSSR count). The number of benzene rings is 9. The van der Waals surface area contributed by atoms with Crippen LogP contribution in [0, 0.1) is 0 Å². The third kappa shape index (κ3) is 5.98. The predicted octanol–water partition coefficient (Wildman–Crippen LogP) is 14.8. The van der Waals surface area contributed by atoms with Gasteiger partial charge in [-0.3, -0.25) is 0 Å². The number of para-hydroxylation sites is 2. The van der Waals surface area contributed by atoms with Crippen LogP contribution in [0.5, 0.6) is 23.0 Å². The lowest BCUT2D eigenvalue weighted by atomic mass is 10.0. The third-order valence-corrected chi connectivity index (χ3v) is 11.8. The predicted molar refractivity (Wildman–Crippen MR) is 252 cm³/mol. The molecule has 2 heterocycles. The van der Waals surface area contributed by atoms with E-state index >= 15 is 0 Å². The normalized spacial score (nSPS) is 11.5. The van der Waals surface area contributed by atoms with Gasteiger partial charge in [0.15, 0.2) is 23.0 Å². The highest BCUT2D eigenvalue weighted by Gasteiger charge is 2.21. The van der Waals surface area contributed by atoms with E-state index in [1.807, 2.05) is 78.9 Å². The van der Waals surface area contributed by atoms with E-state index in [9.17, 15) is 0 Å². The second-order valence-electron chi connectivity index (χ2n) is 15.2. The third-order valence-electron chi connectivity index (χ3n) is 11.8. The van der Waals surface area contributed by atoms with Crippen LogP contribution in [0.4, 0.5) is 34.1 Å². The molecule has 8 heteroatoms. The zero-order chi connectivity index (χ0) is 41.9. The van der Waals surface area contributed by atoms with Gasteiger partial charge >= 0.3 is 0 Å². The highest BCUT2D eigenvalue weighted by molar-refractivity contribution is 6.22. The number of hydrogen-bond donors (Lipinski definition) is 0. The molecule has 0 bridgehead atoms. The van der Waals surface area contributed by atoms with Crippen LogP contribution in [0.3, 0.4) is 0 Å². The van der Waals surface area contributed by atoms with Gasteiger partial charge in [0.25, 0.3) is 0 Å². The van der Waals surface area contributed by atoms with Crippen molar-refractivity contribution in [2.45, 2.75) is 0 Å². The number of rotatable bonds is 10. The van der Waals surface area contributed by atoms with Crippen LogP contribution in [0.25, 0.3) is 65.4 Å². The minimum absolute atomic E-state index is 0.661. The number of furan rings is 2. The standard InChI is InChI=1S/C54H40N2O6/c1-57-47-25-19-39(29-51(47)59-3)55(35-11-7-5-8-12-35)37-17-23-41-33(27-37)15-21-43-45-31-46-44-22-16-34-28-38(18-24-42(34)54(44)62-50(46)32-49(45)61-53(41)43)56(36-13-9-6-10-14-36)40-20-26-48(58-2)52(30-40)60-4/h5-32H,1-4H3. The molecule has 0 atom stereocenters. The summed E-state index contributed by atoms with van der Waals surface area (Å²) >= 11 is 0. The van der Waals surface area contributed by atoms with Crippen LogP contribution in [0.1, 0.15) is 0 Å². The molecule has 11 aromatic rings. The Kier molecular flexibility index (Phi) is 8.86. The van der Waals surface area contributed by atoms with Crippen molar-refractivity contribution in [2.24, 2.45) is 0 Å². The van der Waals surface area contributed by atoms with Gasteiger partial charge in [-0.05, 0) is 114 Å². The summed E-state index contributed by atoms with van der Waals surface area (Å²) in [6.07, 6.45) is 0. The second-order valence-corrected chi connectivity index (χ2v) is 15.2. The quantitative estimate of drug-likeness (QED) is 0.135. The molecular weight excluding hydrogens is 773 g/mol. The molecule has 9 aromatic carbocycles. The zero-order valence-corrected chi connectivity index (χ0v) is 34.5. The Morgan fingerprint density at radius 3 is 1.11 bits per heavy atom. The zero-order valence-electron chi connectivity index (χ0n) is 34.5. The lowest BCUT2D eigenvalue weighted by Gasteiger charge is -2.26. The van der Waals surface area contributed by atoms with Crippen LogP contribution in [-0.2, 0) is 0 Å². The summed E-state index contributed by atoms with van der Waals surface area (Å²) in [5.74, 6) is 2.68. The number of hydrogen-bond acceptors (Lipinski definition) is 8. The number of methoxy groups -OCH3 is 4. The Balaban J connectivity index is 0.993. The first-order valence-corrected chi connectivity index (χ1v) is 20.4. The van der Waals surface area contributed by atoms with E-state index in [1.165, 1.54) is 0 Å². The maximum Gasteiger partial charge on any atom is 0.162 e. The molecule has 0 fully saturated rings. The van der Waals surface area contributed by atoms with Crippen LogP contribution in [-0.4, -0.2) is 28.4 Å². The number of ether oxygens (including phenoxy) is 4. The topological polar surface area (TPSA) is 69.7 Å². The van der Waals surface area contributed by atoms with Gasteiger partial charge in [-0.1, -0.05) is 48.5 Å². The molecule has 0 saturated heterocycles. The average Bonchev–Trinajstić information content (AvgIpc) is 3.89. The summed E-state index contributed by atoms with van der Waals surface area (Å²) < 4.78 is 35.9. The number of fused-ring (bicyclic) bond motifs is 10. The molecule has 0 aliphatic heterocycles. The monoisotopic (exact) mass is 812 g/mol. The summed E-state index contributed by atoms with van der Waals surface area (Å²) in [5.41, 5.74) is 9.19. The van der Waals surface area contributed by atoms with E-state index < -0.39 is 0 Å². The van der Waals surface area contributed by atoms with E-state index in [0.717, 1.165) is 99.5 Å². The smallest absolute Gasteiger partial charge is 0.162 e. The molecule has 0 radical (unpaired) electrons. The van der Waals surface area contributed by atoms with E-state index in [1.54, 1.807) is 28.4 Å². The molecule has 0 unspecified atom stereocenters. The summed E-state index contributed by atoms with van der Waals surface area (Å²) in [5, 5.41) is 8.38. The van der Waals surface area contributed by atoms with E-state index in [2.05, 4.69) is 101 Å². The largest absolute Gasteiger partial charge is 0.493 e. The maximum atomic E-state index is 6.71. The fourth-order valence-corrected chi connectivity index (χ4v) is 8.85. The minimum atomic E-state index is 0.661. The molecule has 62 heavy (non-hydrogen) atoms. The van der Waals surface area contributed by atoms with Gasteiger partial charge in [0.2, 0.25) is 0 Å². The lowest BCUT2D eigenvalue weighted by Crippen LogP contribution is -2.10. The van der Waals surface area contributed by atoms with Crippen molar-refractivity contribution in [1.29, 1.82) is 0 Å². The highest BCUT2D eigenvalue weighted by atomic mass is 16.5. The molecule has 0 N–H and O–H groups in total. The fraction of sp³-hybridized carbons (Fsp3) is 0.0741. The Labute approximate surface area is 357 Å². The lowest BCUT2D eigenvalue weighted by molar-refractivity contribution is 0.355. The maximum absolute atomic E-state index is 6.71. The Bertz CT molecular complexity index is 3260. The average molecular weight is 813 g/mol. The molecular formula is C54H40N2O6. The summed E-state index contributed by atoms with van der Waals surface area (Å²) in [6.45, 7) is 0. The number of anilines is 6. The first-order chi connectivity index (χ1) is 30.5. The van der Waals surface area contributed by atoms with Crippen LogP contribution in [0.2, 0.25) is 0 Å². The molecule has 2 aromatic heterocycles. The first kappa shape index (κ1) is 36.9. The van der Waals surface area contributed by atoms with Gasteiger partial charge < -0.3 is 37.6 Å². The first-order valence-electron chi connectivity index (χ1n) is 20.4. The summed E-state index contributed by atoms with van der Waals surface area (Å²) in [4.78, 5) is 4.43. The second kappa shape index (κ2) is 14.9. The molecule has 0 aliphatic rings. The van der Waals surface area contributed by atoms with Gasteiger partial charge in [-0.25, -0.2) is 0 Å². The molecule has 0 aliphatic carbocycles. The van der Waals surface area contributed by atoms with Crippen molar-refractivity contribution < 1.29 is 27.8 Å². The van der Waals surface area contributed by atoms with Crippen molar-refractivity contribution in [3.8, 4) is 23.0 Å². The Morgan fingerprint density at radius 2 is 0.694 bits per heavy atom. The molecule has 302 valence electrons.